The third-order valence-corrected chi connectivity index (χ3v) is 5.02. The molecule has 1 atom stereocenters. The minimum absolute atomic E-state index is 0.254. The molecule has 0 amide bonds. The zero-order valence-corrected chi connectivity index (χ0v) is 11.5. The molecule has 0 aliphatic heterocycles. The summed E-state index contributed by atoms with van der Waals surface area (Å²) < 4.78 is 59.8. The maximum atomic E-state index is 10.7. The molecule has 0 bridgehead atoms. The van der Waals surface area contributed by atoms with Crippen LogP contribution in [-0.4, -0.2) is 36.2 Å². The lowest BCUT2D eigenvalue weighted by molar-refractivity contribution is 0.374. The molecule has 17 heavy (non-hydrogen) atoms. The van der Waals surface area contributed by atoms with Crippen molar-refractivity contribution >= 4 is 20.6 Å². The zero-order valence-electron chi connectivity index (χ0n) is 9.90. The summed E-state index contributed by atoms with van der Waals surface area (Å²) in [6.45, 7) is 3.60. The second-order valence-corrected chi connectivity index (χ2v) is 6.87. The number of nitrogens with zero attached hydrogens (tertiary/aromatic N) is 1. The van der Waals surface area contributed by atoms with Crippen LogP contribution in [0.2, 0.25) is 0 Å². The molecule has 0 spiro atoms. The summed E-state index contributed by atoms with van der Waals surface area (Å²) in [7, 11) is -9.87. The molecule has 0 aromatic carbocycles. The van der Waals surface area contributed by atoms with Gasteiger partial charge in [0.15, 0.2) is 0 Å². The fourth-order valence-electron chi connectivity index (χ4n) is 1.29. The average molecular weight is 289 g/mol. The number of hydrogen-bond acceptors (Lipinski definition) is 4. The molecule has 0 saturated carbocycles. The maximum Gasteiger partial charge on any atom is 0.351 e. The van der Waals surface area contributed by atoms with E-state index >= 15 is 0 Å². The number of rotatable bonds is 8. The van der Waals surface area contributed by atoms with Crippen LogP contribution < -0.4 is 0 Å². The van der Waals surface area contributed by atoms with Crippen LogP contribution in [0.25, 0.3) is 0 Å². The van der Waals surface area contributed by atoms with Gasteiger partial charge in [0, 0.05) is 6.54 Å². The van der Waals surface area contributed by atoms with E-state index in [1.165, 1.54) is 0 Å². The summed E-state index contributed by atoms with van der Waals surface area (Å²) in [6, 6.07) is 0. The van der Waals surface area contributed by atoms with Gasteiger partial charge in [-0.25, -0.2) is 0 Å². The molecule has 0 saturated heterocycles. The minimum atomic E-state index is -4.93. The van der Waals surface area contributed by atoms with Crippen molar-refractivity contribution < 1.29 is 25.9 Å². The fraction of sp³-hybridized carbons (Fsp3) is 1.00. The van der Waals surface area contributed by atoms with Crippen molar-refractivity contribution in [3.8, 4) is 0 Å². The summed E-state index contributed by atoms with van der Waals surface area (Å²) >= 11 is 0. The Morgan fingerprint density at radius 1 is 1.06 bits per heavy atom. The Morgan fingerprint density at radius 3 is 1.88 bits per heavy atom. The van der Waals surface area contributed by atoms with Gasteiger partial charge in [-0.05, 0) is 16.0 Å². The predicted octanol–water partition coefficient (Wildman–Crippen LogP) is 1.11. The first-order chi connectivity index (χ1) is 7.59. The first kappa shape index (κ1) is 16.8. The van der Waals surface area contributed by atoms with Crippen molar-refractivity contribution in [2.75, 3.05) is 6.54 Å². The van der Waals surface area contributed by atoms with E-state index in [1.807, 2.05) is 13.8 Å². The van der Waals surface area contributed by atoms with Gasteiger partial charge in [0.25, 0.3) is 0 Å². The molecule has 0 aromatic heterocycles. The normalized spacial score (nSPS) is 15.1. The van der Waals surface area contributed by atoms with Gasteiger partial charge in [0.2, 0.25) is 0 Å². The van der Waals surface area contributed by atoms with Gasteiger partial charge in [-0.2, -0.15) is 16.8 Å². The van der Waals surface area contributed by atoms with E-state index in [9.17, 15) is 16.8 Å². The monoisotopic (exact) mass is 289 g/mol. The molecule has 104 valence electrons. The van der Waals surface area contributed by atoms with E-state index in [4.69, 9.17) is 9.11 Å². The third-order valence-electron chi connectivity index (χ3n) is 2.50. The Balaban J connectivity index is 4.33. The summed E-state index contributed by atoms with van der Waals surface area (Å²) in [4.78, 5) is 0. The maximum absolute atomic E-state index is 10.7. The molecule has 1 unspecified atom stereocenters. The molecule has 0 heterocycles. The second-order valence-electron chi connectivity index (χ2n) is 3.96. The standard InChI is InChI=1S/C8H19NO6S2/c1-3-8(2)6-4-5-7-9(16(10,11)12)17(13,14)15/h8H,3-7H2,1-2H3,(H,10,11,12)(H,13,14,15). The summed E-state index contributed by atoms with van der Waals surface area (Å²) in [6.07, 6.45) is 2.70. The topological polar surface area (TPSA) is 112 Å². The quantitative estimate of drug-likeness (QED) is 0.511. The highest BCUT2D eigenvalue weighted by Gasteiger charge is 2.30. The van der Waals surface area contributed by atoms with Crippen molar-refractivity contribution in [2.24, 2.45) is 5.92 Å². The molecule has 9 heteroatoms. The zero-order chi connectivity index (χ0) is 13.7. The van der Waals surface area contributed by atoms with E-state index in [-0.39, 0.29) is 10.1 Å². The Kier molecular flexibility index (Phi) is 6.56. The van der Waals surface area contributed by atoms with E-state index in [1.54, 1.807) is 0 Å². The van der Waals surface area contributed by atoms with Crippen LogP contribution in [0.15, 0.2) is 0 Å². The fourth-order valence-corrected chi connectivity index (χ4v) is 2.96. The first-order valence-corrected chi connectivity index (χ1v) is 8.11. The summed E-state index contributed by atoms with van der Waals surface area (Å²) in [5, 5.41) is 0. The van der Waals surface area contributed by atoms with Crippen molar-refractivity contribution in [2.45, 2.75) is 39.5 Å². The number of hydrogen-bond donors (Lipinski definition) is 2. The van der Waals surface area contributed by atoms with E-state index in [2.05, 4.69) is 0 Å². The van der Waals surface area contributed by atoms with E-state index in [0.29, 0.717) is 12.3 Å². The molecule has 0 radical (unpaired) electrons. The van der Waals surface area contributed by atoms with Crippen LogP contribution in [0.3, 0.4) is 0 Å². The first-order valence-electron chi connectivity index (χ1n) is 5.31. The molecule has 0 aromatic rings. The lowest BCUT2D eigenvalue weighted by Crippen LogP contribution is -2.36. The third kappa shape index (κ3) is 6.94. The second kappa shape index (κ2) is 6.64. The Labute approximate surface area is 103 Å². The van der Waals surface area contributed by atoms with E-state index in [0.717, 1.165) is 12.8 Å². The smallest absolute Gasteiger partial charge is 0.273 e. The Morgan fingerprint density at radius 2 is 1.53 bits per heavy atom. The van der Waals surface area contributed by atoms with Gasteiger partial charge >= 0.3 is 20.6 Å². The molecule has 0 aliphatic rings. The molecule has 2 N–H and O–H groups in total. The molecular formula is C8H19NO6S2. The highest BCUT2D eigenvalue weighted by Crippen LogP contribution is 2.13. The predicted molar refractivity (Wildman–Crippen MR) is 63.1 cm³/mol. The van der Waals surface area contributed by atoms with Crippen molar-refractivity contribution in [1.29, 1.82) is 0 Å². The largest absolute Gasteiger partial charge is 0.351 e. The van der Waals surface area contributed by atoms with Gasteiger partial charge in [-0.15, -0.1) is 0 Å². The molecule has 7 nitrogen and oxygen atoms in total. The van der Waals surface area contributed by atoms with Crippen LogP contribution in [0.1, 0.15) is 39.5 Å². The van der Waals surface area contributed by atoms with Crippen LogP contribution >= 0.6 is 0 Å². The summed E-state index contributed by atoms with van der Waals surface area (Å²) in [5.41, 5.74) is 0. The van der Waals surface area contributed by atoms with Gasteiger partial charge in [-0.1, -0.05) is 33.1 Å². The van der Waals surface area contributed by atoms with Crippen LogP contribution in [-0.2, 0) is 20.6 Å². The van der Waals surface area contributed by atoms with E-state index < -0.39 is 27.2 Å². The highest BCUT2D eigenvalue weighted by atomic mass is 32.3. The lowest BCUT2D eigenvalue weighted by atomic mass is 10.0. The Bertz CT molecular complexity index is 383. The van der Waals surface area contributed by atoms with Crippen molar-refractivity contribution in [3.63, 3.8) is 0 Å². The van der Waals surface area contributed by atoms with Gasteiger partial charge in [0.1, 0.15) is 0 Å². The number of unbranched alkanes of at least 4 members (excludes halogenated alkanes) is 1. The highest BCUT2D eigenvalue weighted by molar-refractivity contribution is 7.98. The van der Waals surface area contributed by atoms with Crippen LogP contribution in [0, 0.1) is 5.92 Å². The lowest BCUT2D eigenvalue weighted by Gasteiger charge is -2.14. The summed E-state index contributed by atoms with van der Waals surface area (Å²) in [5.74, 6) is 0.472. The molecule has 0 aliphatic carbocycles. The molecular weight excluding hydrogens is 270 g/mol. The average Bonchev–Trinajstić information content (AvgIpc) is 2.12. The minimum Gasteiger partial charge on any atom is -0.273 e. The SMILES string of the molecule is CCC(C)CCCCN(S(=O)(=O)O)S(=O)(=O)O. The van der Waals surface area contributed by atoms with Crippen LogP contribution in [0.5, 0.6) is 0 Å². The van der Waals surface area contributed by atoms with Gasteiger partial charge < -0.3 is 0 Å². The van der Waals surface area contributed by atoms with Gasteiger partial charge in [-0.3, -0.25) is 9.11 Å². The Hall–Kier alpha value is -0.220. The van der Waals surface area contributed by atoms with Crippen molar-refractivity contribution in [3.05, 3.63) is 0 Å². The van der Waals surface area contributed by atoms with Gasteiger partial charge in [0.05, 0.1) is 0 Å². The molecule has 0 fully saturated rings. The molecule has 0 rings (SSSR count). The van der Waals surface area contributed by atoms with Crippen LogP contribution in [0.4, 0.5) is 0 Å². The van der Waals surface area contributed by atoms with Crippen molar-refractivity contribution in [1.82, 2.24) is 3.71 Å².